The number of carbonyl (C=O) groups is 1. The van der Waals surface area contributed by atoms with Crippen molar-refractivity contribution < 1.29 is 4.79 Å². The zero-order valence-corrected chi connectivity index (χ0v) is 12.4. The molecule has 0 heterocycles. The molecule has 2 aromatic rings. The van der Waals surface area contributed by atoms with Crippen LogP contribution in [0.4, 0.5) is 11.4 Å². The molecule has 2 rings (SSSR count). The van der Waals surface area contributed by atoms with Crippen LogP contribution in [0.3, 0.4) is 0 Å². The van der Waals surface area contributed by atoms with Gasteiger partial charge in [-0.15, -0.1) is 0 Å². The first kappa shape index (κ1) is 13.6. The van der Waals surface area contributed by atoms with Crippen molar-refractivity contribution in [3.8, 4) is 0 Å². The number of aryl methyl sites for hydroxylation is 2. The van der Waals surface area contributed by atoms with Crippen molar-refractivity contribution in [2.75, 3.05) is 11.1 Å². The summed E-state index contributed by atoms with van der Waals surface area (Å²) in [7, 11) is 0. The first-order valence-corrected chi connectivity index (χ1v) is 6.70. The molecule has 19 heavy (non-hydrogen) atoms. The van der Waals surface area contributed by atoms with Gasteiger partial charge in [0.25, 0.3) is 5.91 Å². The van der Waals surface area contributed by atoms with E-state index in [4.69, 9.17) is 5.73 Å². The summed E-state index contributed by atoms with van der Waals surface area (Å²) in [4.78, 5) is 12.2. The van der Waals surface area contributed by atoms with Crippen LogP contribution in [0, 0.1) is 13.8 Å². The molecule has 0 fully saturated rings. The van der Waals surface area contributed by atoms with Crippen molar-refractivity contribution in [3.05, 3.63) is 57.6 Å². The van der Waals surface area contributed by atoms with Gasteiger partial charge in [0.1, 0.15) is 0 Å². The van der Waals surface area contributed by atoms with Crippen LogP contribution >= 0.6 is 15.9 Å². The van der Waals surface area contributed by atoms with Gasteiger partial charge < -0.3 is 11.1 Å². The quantitative estimate of drug-likeness (QED) is 0.825. The molecule has 0 saturated heterocycles. The van der Waals surface area contributed by atoms with Gasteiger partial charge in [0, 0.05) is 21.4 Å². The van der Waals surface area contributed by atoms with E-state index in [9.17, 15) is 4.79 Å². The van der Waals surface area contributed by atoms with Gasteiger partial charge in [0.2, 0.25) is 0 Å². The maximum atomic E-state index is 12.2. The molecule has 0 aliphatic rings. The van der Waals surface area contributed by atoms with E-state index >= 15 is 0 Å². The minimum atomic E-state index is -0.131. The van der Waals surface area contributed by atoms with Crippen molar-refractivity contribution in [2.45, 2.75) is 13.8 Å². The van der Waals surface area contributed by atoms with Crippen LogP contribution in [0.15, 0.2) is 40.9 Å². The number of hydrogen-bond donors (Lipinski definition) is 2. The van der Waals surface area contributed by atoms with Crippen LogP contribution in [0.2, 0.25) is 0 Å². The number of benzene rings is 2. The number of rotatable bonds is 2. The first-order valence-electron chi connectivity index (χ1n) is 5.91. The second-order valence-corrected chi connectivity index (χ2v) is 5.40. The second kappa shape index (κ2) is 5.45. The highest BCUT2D eigenvalue weighted by molar-refractivity contribution is 9.10. The van der Waals surface area contributed by atoms with Gasteiger partial charge >= 0.3 is 0 Å². The number of anilines is 2. The van der Waals surface area contributed by atoms with Gasteiger partial charge in [0.05, 0.1) is 0 Å². The average molecular weight is 319 g/mol. The molecular formula is C15H15BrN2O. The van der Waals surface area contributed by atoms with Crippen molar-refractivity contribution >= 4 is 33.2 Å². The van der Waals surface area contributed by atoms with Gasteiger partial charge in [-0.05, 0) is 55.3 Å². The number of nitrogens with two attached hydrogens (primary N) is 1. The van der Waals surface area contributed by atoms with Crippen LogP contribution in [-0.4, -0.2) is 5.91 Å². The highest BCUT2D eigenvalue weighted by Gasteiger charge is 2.09. The van der Waals surface area contributed by atoms with Crippen molar-refractivity contribution in [2.24, 2.45) is 0 Å². The largest absolute Gasteiger partial charge is 0.398 e. The summed E-state index contributed by atoms with van der Waals surface area (Å²) in [5, 5.41) is 2.85. The molecule has 3 N–H and O–H groups in total. The fourth-order valence-corrected chi connectivity index (χ4v) is 2.27. The number of nitrogens with one attached hydrogen (secondary N) is 1. The van der Waals surface area contributed by atoms with Crippen molar-refractivity contribution in [1.29, 1.82) is 0 Å². The van der Waals surface area contributed by atoms with Gasteiger partial charge in [-0.25, -0.2) is 0 Å². The highest BCUT2D eigenvalue weighted by atomic mass is 79.9. The minimum absolute atomic E-state index is 0.131. The molecule has 0 radical (unpaired) electrons. The monoisotopic (exact) mass is 318 g/mol. The fraction of sp³-hybridized carbons (Fsp3) is 0.133. The van der Waals surface area contributed by atoms with Crippen molar-refractivity contribution in [3.63, 3.8) is 0 Å². The number of halogens is 1. The lowest BCUT2D eigenvalue weighted by molar-refractivity contribution is 0.102. The van der Waals surface area contributed by atoms with Gasteiger partial charge in [-0.2, -0.15) is 0 Å². The average Bonchev–Trinajstić information content (AvgIpc) is 2.33. The van der Waals surface area contributed by atoms with E-state index in [0.29, 0.717) is 16.9 Å². The molecule has 2 aromatic carbocycles. The first-order chi connectivity index (χ1) is 8.97. The zero-order chi connectivity index (χ0) is 14.0. The standard InChI is InChI=1S/C15H15BrN2O/c1-9-3-5-12(8-14(9)17)18-15(19)13-6-4-11(16)7-10(13)2/h3-8H,17H2,1-2H3,(H,18,19). The molecule has 0 saturated carbocycles. The predicted octanol–water partition coefficient (Wildman–Crippen LogP) is 3.90. The molecule has 1 amide bonds. The number of carbonyl (C=O) groups excluding carboxylic acids is 1. The molecule has 4 heteroatoms. The molecule has 0 aliphatic carbocycles. The van der Waals surface area contributed by atoms with E-state index in [1.165, 1.54) is 0 Å². The van der Waals surface area contributed by atoms with Crippen LogP contribution in [0.5, 0.6) is 0 Å². The summed E-state index contributed by atoms with van der Waals surface area (Å²) in [5.74, 6) is -0.131. The molecule has 0 spiro atoms. The summed E-state index contributed by atoms with van der Waals surface area (Å²) < 4.78 is 0.959. The highest BCUT2D eigenvalue weighted by Crippen LogP contribution is 2.20. The SMILES string of the molecule is Cc1ccc(NC(=O)c2ccc(Br)cc2C)cc1N. The fourth-order valence-electron chi connectivity index (χ4n) is 1.80. The second-order valence-electron chi connectivity index (χ2n) is 4.48. The molecular weight excluding hydrogens is 304 g/mol. The van der Waals surface area contributed by atoms with Gasteiger partial charge in [-0.1, -0.05) is 22.0 Å². The third kappa shape index (κ3) is 3.15. The number of nitrogen functional groups attached to an aromatic ring is 1. The van der Waals surface area contributed by atoms with Crippen LogP contribution in [-0.2, 0) is 0 Å². The number of hydrogen-bond acceptors (Lipinski definition) is 2. The summed E-state index contributed by atoms with van der Waals surface area (Å²) in [5.41, 5.74) is 9.78. The van der Waals surface area contributed by atoms with Gasteiger partial charge in [-0.3, -0.25) is 4.79 Å². The summed E-state index contributed by atoms with van der Waals surface area (Å²) in [6.45, 7) is 3.84. The maximum Gasteiger partial charge on any atom is 0.255 e. The van der Waals surface area contributed by atoms with Gasteiger partial charge in [0.15, 0.2) is 0 Å². The molecule has 0 aliphatic heterocycles. The lowest BCUT2D eigenvalue weighted by atomic mass is 10.1. The van der Waals surface area contributed by atoms with E-state index in [2.05, 4.69) is 21.2 Å². The molecule has 98 valence electrons. The van der Waals surface area contributed by atoms with E-state index in [-0.39, 0.29) is 5.91 Å². The molecule has 0 bridgehead atoms. The Morgan fingerprint density at radius 1 is 1.11 bits per heavy atom. The van der Waals surface area contributed by atoms with Crippen LogP contribution < -0.4 is 11.1 Å². The zero-order valence-electron chi connectivity index (χ0n) is 10.8. The van der Waals surface area contributed by atoms with Crippen LogP contribution in [0.25, 0.3) is 0 Å². The third-order valence-electron chi connectivity index (χ3n) is 2.97. The van der Waals surface area contributed by atoms with Crippen LogP contribution in [0.1, 0.15) is 21.5 Å². The molecule has 0 aromatic heterocycles. The van der Waals surface area contributed by atoms with Crippen molar-refractivity contribution in [1.82, 2.24) is 0 Å². The van der Waals surface area contributed by atoms with E-state index in [0.717, 1.165) is 15.6 Å². The minimum Gasteiger partial charge on any atom is -0.398 e. The third-order valence-corrected chi connectivity index (χ3v) is 3.46. The smallest absolute Gasteiger partial charge is 0.255 e. The number of amides is 1. The Kier molecular flexibility index (Phi) is 3.90. The molecule has 0 atom stereocenters. The summed E-state index contributed by atoms with van der Waals surface area (Å²) in [6.07, 6.45) is 0. The maximum absolute atomic E-state index is 12.2. The normalized spacial score (nSPS) is 10.3. The van der Waals surface area contributed by atoms with E-state index in [1.807, 2.05) is 38.1 Å². The Labute approximate surface area is 121 Å². The Morgan fingerprint density at radius 3 is 2.47 bits per heavy atom. The summed E-state index contributed by atoms with van der Waals surface area (Å²) in [6, 6.07) is 11.1. The lowest BCUT2D eigenvalue weighted by Gasteiger charge is -2.09. The Morgan fingerprint density at radius 2 is 1.84 bits per heavy atom. The Hall–Kier alpha value is -1.81. The summed E-state index contributed by atoms with van der Waals surface area (Å²) >= 11 is 3.38. The lowest BCUT2D eigenvalue weighted by Crippen LogP contribution is -2.13. The topological polar surface area (TPSA) is 55.1 Å². The molecule has 3 nitrogen and oxygen atoms in total. The Balaban J connectivity index is 2.23. The van der Waals surface area contributed by atoms with E-state index < -0.39 is 0 Å². The molecule has 0 unspecified atom stereocenters. The van der Waals surface area contributed by atoms with E-state index in [1.54, 1.807) is 12.1 Å². The predicted molar refractivity (Wildman–Crippen MR) is 82.4 cm³/mol. The Bertz CT molecular complexity index is 638.